The van der Waals surface area contributed by atoms with Gasteiger partial charge < -0.3 is 14.9 Å². The summed E-state index contributed by atoms with van der Waals surface area (Å²) in [7, 11) is 1.55. The standard InChI is InChI=1S/C19H17N3O4/c1-11-7-16(15-9-14(26-2)5-6-17(15)21-11)19(25)22-20-10-12-3-4-13(23)8-18(12)24/h3-10,23-24H,1-2H3,(H,22,25). The minimum atomic E-state index is -0.414. The van der Waals surface area contributed by atoms with Gasteiger partial charge in [-0.15, -0.1) is 0 Å². The molecule has 0 atom stereocenters. The monoisotopic (exact) mass is 351 g/mol. The van der Waals surface area contributed by atoms with Crippen LogP contribution >= 0.6 is 0 Å². The average Bonchev–Trinajstić information content (AvgIpc) is 2.62. The fourth-order valence-corrected chi connectivity index (χ4v) is 2.51. The van der Waals surface area contributed by atoms with Gasteiger partial charge in [0.15, 0.2) is 0 Å². The molecule has 0 radical (unpaired) electrons. The summed E-state index contributed by atoms with van der Waals surface area (Å²) in [4.78, 5) is 17.0. The molecular weight excluding hydrogens is 334 g/mol. The SMILES string of the molecule is COc1ccc2nc(C)cc(C(=O)NN=Cc3ccc(O)cc3O)c2c1. The van der Waals surface area contributed by atoms with Gasteiger partial charge in [0, 0.05) is 22.7 Å². The van der Waals surface area contributed by atoms with Crippen LogP contribution < -0.4 is 10.2 Å². The molecule has 2 aromatic carbocycles. The van der Waals surface area contributed by atoms with Gasteiger partial charge in [-0.25, -0.2) is 5.43 Å². The average molecular weight is 351 g/mol. The molecule has 0 saturated heterocycles. The van der Waals surface area contributed by atoms with E-state index >= 15 is 0 Å². The third kappa shape index (κ3) is 3.56. The predicted molar refractivity (Wildman–Crippen MR) is 97.9 cm³/mol. The van der Waals surface area contributed by atoms with Gasteiger partial charge in [-0.05, 0) is 43.3 Å². The van der Waals surface area contributed by atoms with Crippen LogP contribution in [-0.4, -0.2) is 34.4 Å². The number of pyridine rings is 1. The van der Waals surface area contributed by atoms with E-state index in [2.05, 4.69) is 15.5 Å². The van der Waals surface area contributed by atoms with Gasteiger partial charge in [0.2, 0.25) is 0 Å². The molecule has 7 nitrogen and oxygen atoms in total. The number of nitrogens with zero attached hydrogens (tertiary/aromatic N) is 2. The van der Waals surface area contributed by atoms with Crippen molar-refractivity contribution in [2.45, 2.75) is 6.92 Å². The molecule has 3 aromatic rings. The third-order valence-corrected chi connectivity index (χ3v) is 3.77. The van der Waals surface area contributed by atoms with Crippen molar-refractivity contribution < 1.29 is 19.7 Å². The maximum atomic E-state index is 12.5. The Hall–Kier alpha value is -3.61. The summed E-state index contributed by atoms with van der Waals surface area (Å²) in [5.74, 6) is 0.00675. The molecule has 0 bridgehead atoms. The summed E-state index contributed by atoms with van der Waals surface area (Å²) in [5, 5.41) is 23.5. The van der Waals surface area contributed by atoms with E-state index in [0.717, 1.165) is 0 Å². The van der Waals surface area contributed by atoms with E-state index < -0.39 is 5.91 Å². The smallest absolute Gasteiger partial charge is 0.272 e. The molecule has 0 aliphatic rings. The Morgan fingerprint density at radius 3 is 2.73 bits per heavy atom. The highest BCUT2D eigenvalue weighted by Gasteiger charge is 2.12. The molecule has 0 fully saturated rings. The highest BCUT2D eigenvalue weighted by molar-refractivity contribution is 6.06. The molecule has 1 amide bonds. The van der Waals surface area contributed by atoms with Crippen molar-refractivity contribution in [3.8, 4) is 17.2 Å². The molecule has 1 aromatic heterocycles. The number of nitrogens with one attached hydrogen (secondary N) is 1. The zero-order valence-corrected chi connectivity index (χ0v) is 14.2. The molecule has 132 valence electrons. The number of aryl methyl sites for hydroxylation is 1. The quantitative estimate of drug-likeness (QED) is 0.495. The van der Waals surface area contributed by atoms with Gasteiger partial charge in [-0.1, -0.05) is 0 Å². The number of amides is 1. The predicted octanol–water partition coefficient (Wildman–Crippen LogP) is 2.73. The van der Waals surface area contributed by atoms with Gasteiger partial charge >= 0.3 is 0 Å². The van der Waals surface area contributed by atoms with Crippen LogP contribution in [0.1, 0.15) is 21.6 Å². The molecule has 7 heteroatoms. The Morgan fingerprint density at radius 2 is 2.00 bits per heavy atom. The van der Waals surface area contributed by atoms with Crippen molar-refractivity contribution in [2.24, 2.45) is 5.10 Å². The Labute approximate surface area is 149 Å². The summed E-state index contributed by atoms with van der Waals surface area (Å²) in [6.45, 7) is 1.80. The second-order valence-electron chi connectivity index (χ2n) is 5.64. The summed E-state index contributed by atoms with van der Waals surface area (Å²) >= 11 is 0. The maximum Gasteiger partial charge on any atom is 0.272 e. The number of hydrazone groups is 1. The number of methoxy groups -OCH3 is 1. The van der Waals surface area contributed by atoms with Gasteiger partial charge in [-0.3, -0.25) is 9.78 Å². The number of hydrogen-bond donors (Lipinski definition) is 3. The normalized spacial score (nSPS) is 11.0. The molecule has 0 unspecified atom stereocenters. The Bertz CT molecular complexity index is 1020. The summed E-state index contributed by atoms with van der Waals surface area (Å²) < 4.78 is 5.21. The number of ether oxygens (including phenoxy) is 1. The van der Waals surface area contributed by atoms with Gasteiger partial charge in [0.25, 0.3) is 5.91 Å². The first-order chi connectivity index (χ1) is 12.5. The maximum absolute atomic E-state index is 12.5. The minimum Gasteiger partial charge on any atom is -0.508 e. The van der Waals surface area contributed by atoms with Gasteiger partial charge in [-0.2, -0.15) is 5.10 Å². The van der Waals surface area contributed by atoms with Gasteiger partial charge in [0.1, 0.15) is 17.2 Å². The topological polar surface area (TPSA) is 104 Å². The number of phenols is 2. The van der Waals surface area contributed by atoms with Crippen LogP contribution in [0.2, 0.25) is 0 Å². The van der Waals surface area contributed by atoms with Crippen molar-refractivity contribution in [3.63, 3.8) is 0 Å². The number of fused-ring (bicyclic) bond motifs is 1. The van der Waals surface area contributed by atoms with Crippen LogP contribution in [0.4, 0.5) is 0 Å². The fourth-order valence-electron chi connectivity index (χ4n) is 2.51. The molecule has 0 saturated carbocycles. The lowest BCUT2D eigenvalue weighted by atomic mass is 10.1. The number of benzene rings is 2. The first-order valence-electron chi connectivity index (χ1n) is 7.78. The van der Waals surface area contributed by atoms with Crippen LogP contribution in [0.3, 0.4) is 0 Å². The van der Waals surface area contributed by atoms with Crippen molar-refractivity contribution >= 4 is 23.0 Å². The second-order valence-corrected chi connectivity index (χ2v) is 5.64. The molecule has 3 N–H and O–H groups in total. The van der Waals surface area contributed by atoms with Crippen LogP contribution in [0.15, 0.2) is 47.6 Å². The number of hydrogen-bond acceptors (Lipinski definition) is 6. The van der Waals surface area contributed by atoms with Crippen molar-refractivity contribution in [2.75, 3.05) is 7.11 Å². The highest BCUT2D eigenvalue weighted by atomic mass is 16.5. The summed E-state index contributed by atoms with van der Waals surface area (Å²) in [6, 6.07) is 11.1. The first kappa shape index (κ1) is 17.2. The number of aromatic hydroxyl groups is 2. The molecule has 3 rings (SSSR count). The number of aromatic nitrogens is 1. The van der Waals surface area contributed by atoms with Gasteiger partial charge in [0.05, 0.1) is 24.4 Å². The van der Waals surface area contributed by atoms with Crippen molar-refractivity contribution in [3.05, 3.63) is 59.3 Å². The fraction of sp³-hybridized carbons (Fsp3) is 0.105. The van der Waals surface area contributed by atoms with Crippen LogP contribution in [-0.2, 0) is 0 Å². The molecule has 26 heavy (non-hydrogen) atoms. The van der Waals surface area contributed by atoms with Crippen LogP contribution in [0.25, 0.3) is 10.9 Å². The van der Waals surface area contributed by atoms with Crippen molar-refractivity contribution in [1.29, 1.82) is 0 Å². The lowest BCUT2D eigenvalue weighted by molar-refractivity contribution is 0.0956. The number of phenolic OH excluding ortho intramolecular Hbond substituents is 2. The third-order valence-electron chi connectivity index (χ3n) is 3.77. The molecule has 0 spiro atoms. The number of carbonyl (C=O) groups is 1. The van der Waals surface area contributed by atoms with E-state index in [0.29, 0.717) is 33.5 Å². The Balaban J connectivity index is 1.88. The molecule has 1 heterocycles. The summed E-state index contributed by atoms with van der Waals surface area (Å²) in [6.07, 6.45) is 1.30. The zero-order chi connectivity index (χ0) is 18.7. The summed E-state index contributed by atoms with van der Waals surface area (Å²) in [5.41, 5.74) is 4.59. The lowest BCUT2D eigenvalue weighted by Gasteiger charge is -2.08. The van der Waals surface area contributed by atoms with Crippen LogP contribution in [0.5, 0.6) is 17.2 Å². The van der Waals surface area contributed by atoms with E-state index in [4.69, 9.17) is 4.74 Å². The van der Waals surface area contributed by atoms with E-state index in [1.54, 1.807) is 38.3 Å². The van der Waals surface area contributed by atoms with E-state index in [1.807, 2.05) is 0 Å². The lowest BCUT2D eigenvalue weighted by Crippen LogP contribution is -2.18. The number of carbonyl (C=O) groups excluding carboxylic acids is 1. The van der Waals surface area contributed by atoms with Crippen molar-refractivity contribution in [1.82, 2.24) is 10.4 Å². The van der Waals surface area contributed by atoms with E-state index in [9.17, 15) is 15.0 Å². The first-order valence-corrected chi connectivity index (χ1v) is 7.78. The van der Waals surface area contributed by atoms with E-state index in [-0.39, 0.29) is 11.5 Å². The van der Waals surface area contributed by atoms with E-state index in [1.165, 1.54) is 24.4 Å². The minimum absolute atomic E-state index is 0.0589. The zero-order valence-electron chi connectivity index (χ0n) is 14.2. The Kier molecular flexibility index (Phi) is 4.70. The molecule has 0 aliphatic carbocycles. The number of rotatable bonds is 4. The molecule has 0 aliphatic heterocycles. The second kappa shape index (κ2) is 7.10. The largest absolute Gasteiger partial charge is 0.508 e. The molecular formula is C19H17N3O4. The Morgan fingerprint density at radius 1 is 1.19 bits per heavy atom. The highest BCUT2D eigenvalue weighted by Crippen LogP contribution is 2.24. The van der Waals surface area contributed by atoms with Crippen LogP contribution in [0, 0.1) is 6.92 Å².